The van der Waals surface area contributed by atoms with Gasteiger partial charge in [0.15, 0.2) is 0 Å². The van der Waals surface area contributed by atoms with E-state index in [1.165, 1.54) is 42.2 Å². The van der Waals surface area contributed by atoms with Gasteiger partial charge < -0.3 is 4.90 Å². The summed E-state index contributed by atoms with van der Waals surface area (Å²) < 4.78 is 4.42. The van der Waals surface area contributed by atoms with Crippen LogP contribution in [0.2, 0.25) is 0 Å². The Morgan fingerprint density at radius 1 is 1.40 bits per heavy atom. The number of nitrogens with zero attached hydrogens (tertiary/aromatic N) is 2. The monoisotopic (exact) mass is 218 g/mol. The zero-order valence-corrected chi connectivity index (χ0v) is 9.63. The molecule has 1 unspecified atom stereocenters. The molecule has 1 fully saturated rings. The minimum atomic E-state index is 0.710. The highest BCUT2D eigenvalue weighted by Gasteiger charge is 2.24. The third-order valence-electron chi connectivity index (χ3n) is 3.29. The minimum absolute atomic E-state index is 0.710. The number of hydrogen-bond acceptors (Lipinski definition) is 3. The van der Waals surface area contributed by atoms with Gasteiger partial charge in [-0.1, -0.05) is 6.07 Å². The van der Waals surface area contributed by atoms with E-state index in [0.29, 0.717) is 5.92 Å². The van der Waals surface area contributed by atoms with Crippen LogP contribution in [0.5, 0.6) is 0 Å². The predicted octanol–water partition coefficient (Wildman–Crippen LogP) is 2.67. The summed E-state index contributed by atoms with van der Waals surface area (Å²) in [5.41, 5.74) is 4.01. The van der Waals surface area contributed by atoms with Crippen LogP contribution in [0.1, 0.15) is 17.9 Å². The van der Waals surface area contributed by atoms with Crippen molar-refractivity contribution in [2.75, 3.05) is 20.1 Å². The van der Waals surface area contributed by atoms with Gasteiger partial charge in [0.2, 0.25) is 0 Å². The van der Waals surface area contributed by atoms with Crippen molar-refractivity contribution in [1.82, 2.24) is 9.27 Å². The topological polar surface area (TPSA) is 16.1 Å². The Morgan fingerprint density at radius 3 is 3.13 bits per heavy atom. The Kier molecular flexibility index (Phi) is 2.22. The molecule has 1 saturated heterocycles. The van der Waals surface area contributed by atoms with Crippen molar-refractivity contribution in [2.24, 2.45) is 0 Å². The molecule has 0 amide bonds. The molecule has 0 spiro atoms. The molecule has 0 aromatic heterocycles. The van der Waals surface area contributed by atoms with E-state index in [1.54, 1.807) is 0 Å². The molecule has 0 N–H and O–H groups in total. The van der Waals surface area contributed by atoms with Gasteiger partial charge in [-0.05, 0) is 55.2 Å². The van der Waals surface area contributed by atoms with Gasteiger partial charge >= 0.3 is 0 Å². The molecule has 2 aliphatic heterocycles. The predicted molar refractivity (Wildman–Crippen MR) is 63.6 cm³/mol. The largest absolute Gasteiger partial charge is 0.306 e. The third kappa shape index (κ3) is 1.56. The summed E-state index contributed by atoms with van der Waals surface area (Å²) in [5, 5.41) is 2.07. The molecule has 3 rings (SSSR count). The fourth-order valence-corrected chi connectivity index (χ4v) is 3.02. The summed E-state index contributed by atoms with van der Waals surface area (Å²) in [7, 11) is 2.20. The first-order chi connectivity index (χ1) is 7.34. The van der Waals surface area contributed by atoms with Gasteiger partial charge in [0, 0.05) is 17.5 Å². The molecule has 1 aliphatic carbocycles. The van der Waals surface area contributed by atoms with Crippen LogP contribution in [-0.2, 0) is 0 Å². The molecular formula is C12H14N2S. The van der Waals surface area contributed by atoms with Crippen LogP contribution >= 0.6 is 11.5 Å². The van der Waals surface area contributed by atoms with Gasteiger partial charge in [-0.2, -0.15) is 4.37 Å². The first-order valence-corrected chi connectivity index (χ1v) is 6.20. The first-order valence-electron chi connectivity index (χ1n) is 5.36. The van der Waals surface area contributed by atoms with Gasteiger partial charge in [0.25, 0.3) is 0 Å². The van der Waals surface area contributed by atoms with Gasteiger partial charge in [-0.25, -0.2) is 0 Å². The summed E-state index contributed by atoms with van der Waals surface area (Å²) in [5.74, 6) is 0.710. The Bertz CT molecular complexity index is 437. The number of likely N-dealkylation sites (tertiary alicyclic amines) is 1. The Morgan fingerprint density at radius 2 is 2.33 bits per heavy atom. The van der Waals surface area contributed by atoms with Crippen LogP contribution in [-0.4, -0.2) is 29.4 Å². The zero-order valence-electron chi connectivity index (χ0n) is 8.81. The second kappa shape index (κ2) is 3.58. The maximum absolute atomic E-state index is 4.42. The lowest BCUT2D eigenvalue weighted by Gasteiger charge is -2.11. The van der Waals surface area contributed by atoms with Crippen LogP contribution in [0.3, 0.4) is 0 Å². The molecule has 1 atom stereocenters. The van der Waals surface area contributed by atoms with Crippen LogP contribution in [0.15, 0.2) is 23.6 Å². The second-order valence-electron chi connectivity index (χ2n) is 4.33. The van der Waals surface area contributed by atoms with E-state index in [2.05, 4.69) is 39.9 Å². The van der Waals surface area contributed by atoms with Crippen LogP contribution in [0, 0.1) is 0 Å². The van der Waals surface area contributed by atoms with Crippen LogP contribution in [0.25, 0.3) is 11.3 Å². The molecule has 0 aromatic rings. The van der Waals surface area contributed by atoms with E-state index in [0.717, 1.165) is 5.69 Å². The summed E-state index contributed by atoms with van der Waals surface area (Å²) in [6.07, 6.45) is 1.29. The Balaban J connectivity index is 1.99. The van der Waals surface area contributed by atoms with E-state index in [4.69, 9.17) is 0 Å². The molecule has 15 heavy (non-hydrogen) atoms. The van der Waals surface area contributed by atoms with E-state index >= 15 is 0 Å². The quantitative estimate of drug-likeness (QED) is 0.731. The maximum atomic E-state index is 4.42. The lowest BCUT2D eigenvalue weighted by Crippen LogP contribution is -2.13. The SMILES string of the molecule is CN1CCC(c2ccc3nsccc2-3)C1. The number of hydrogen-bond donors (Lipinski definition) is 0. The number of aromatic nitrogens is 1. The van der Waals surface area contributed by atoms with E-state index < -0.39 is 0 Å². The minimum Gasteiger partial charge on any atom is -0.306 e. The molecule has 0 radical (unpaired) electrons. The molecule has 0 bridgehead atoms. The van der Waals surface area contributed by atoms with Gasteiger partial charge in [-0.15, -0.1) is 0 Å². The fraction of sp³-hybridized carbons (Fsp3) is 0.417. The molecule has 78 valence electrons. The van der Waals surface area contributed by atoms with Crippen molar-refractivity contribution < 1.29 is 0 Å². The molecule has 0 saturated carbocycles. The molecule has 3 heteroatoms. The van der Waals surface area contributed by atoms with Crippen molar-refractivity contribution in [3.63, 3.8) is 0 Å². The number of fused-ring (bicyclic) bond motifs is 1. The lowest BCUT2D eigenvalue weighted by atomic mass is 9.97. The van der Waals surface area contributed by atoms with Crippen molar-refractivity contribution in [3.05, 3.63) is 29.1 Å². The van der Waals surface area contributed by atoms with Crippen LogP contribution in [0.4, 0.5) is 0 Å². The maximum Gasteiger partial charge on any atom is 0.0835 e. The van der Waals surface area contributed by atoms with Crippen molar-refractivity contribution in [2.45, 2.75) is 12.3 Å². The highest BCUT2D eigenvalue weighted by molar-refractivity contribution is 7.03. The van der Waals surface area contributed by atoms with E-state index in [-0.39, 0.29) is 0 Å². The average Bonchev–Trinajstić information content (AvgIpc) is 2.83. The standard InChI is InChI=1S/C12H14N2S/c1-14-6-4-9(8-14)10-2-3-12-11(10)5-7-15-13-12/h2-3,5,7,9H,4,6,8H2,1H3. The highest BCUT2D eigenvalue weighted by atomic mass is 32.1. The summed E-state index contributed by atoms with van der Waals surface area (Å²) in [6, 6.07) is 6.62. The second-order valence-corrected chi connectivity index (χ2v) is 5.00. The number of rotatable bonds is 1. The van der Waals surface area contributed by atoms with Gasteiger partial charge in [0.1, 0.15) is 0 Å². The van der Waals surface area contributed by atoms with Crippen molar-refractivity contribution in [3.8, 4) is 11.3 Å². The van der Waals surface area contributed by atoms with Crippen molar-refractivity contribution in [1.29, 1.82) is 0 Å². The molecule has 2 nitrogen and oxygen atoms in total. The normalized spacial score (nSPS) is 22.6. The lowest BCUT2D eigenvalue weighted by molar-refractivity contribution is 0.412. The summed E-state index contributed by atoms with van der Waals surface area (Å²) in [6.45, 7) is 2.41. The Hall–Kier alpha value is -0.930. The molecule has 2 heterocycles. The molecule has 0 aromatic carbocycles. The molecular weight excluding hydrogens is 204 g/mol. The fourth-order valence-electron chi connectivity index (χ4n) is 2.49. The average molecular weight is 218 g/mol. The van der Waals surface area contributed by atoms with Crippen LogP contribution < -0.4 is 0 Å². The zero-order chi connectivity index (χ0) is 10.3. The summed E-state index contributed by atoms with van der Waals surface area (Å²) in [4.78, 5) is 2.41. The summed E-state index contributed by atoms with van der Waals surface area (Å²) >= 11 is 1.53. The van der Waals surface area contributed by atoms with Gasteiger partial charge in [-0.3, -0.25) is 0 Å². The molecule has 3 aliphatic rings. The smallest absolute Gasteiger partial charge is 0.0835 e. The third-order valence-corrected chi connectivity index (χ3v) is 3.85. The van der Waals surface area contributed by atoms with E-state index in [9.17, 15) is 0 Å². The van der Waals surface area contributed by atoms with Gasteiger partial charge in [0.05, 0.1) is 5.69 Å². The first kappa shape index (κ1) is 9.31. The van der Waals surface area contributed by atoms with Crippen molar-refractivity contribution >= 4 is 11.5 Å². The Labute approximate surface area is 94.0 Å². The van der Waals surface area contributed by atoms with E-state index in [1.807, 2.05) is 0 Å². The highest BCUT2D eigenvalue weighted by Crippen LogP contribution is 2.36. The number of likely N-dealkylation sites (N-methyl/N-ethyl adjacent to an activating group) is 1.